The lowest BCUT2D eigenvalue weighted by Gasteiger charge is -2.14. The molecule has 5 nitrogen and oxygen atoms in total. The van der Waals surface area contributed by atoms with E-state index in [2.05, 4.69) is 22.1 Å². The Kier molecular flexibility index (Phi) is 4.61. The molecule has 0 radical (unpaired) electrons. The van der Waals surface area contributed by atoms with Crippen LogP contribution in [-0.4, -0.2) is 30.3 Å². The molecule has 1 saturated carbocycles. The summed E-state index contributed by atoms with van der Waals surface area (Å²) < 4.78 is 16.9. The SMILES string of the molecule is COc1ccc(-c2ccc3ncnc(OC4CCCC4)c3c2)cc1OC. The first kappa shape index (κ1) is 16.6. The van der Waals surface area contributed by atoms with E-state index in [4.69, 9.17) is 14.2 Å². The summed E-state index contributed by atoms with van der Waals surface area (Å²) in [4.78, 5) is 8.76. The van der Waals surface area contributed by atoms with Crippen LogP contribution in [-0.2, 0) is 0 Å². The van der Waals surface area contributed by atoms with Crippen LogP contribution in [0.3, 0.4) is 0 Å². The summed E-state index contributed by atoms with van der Waals surface area (Å²) in [5.41, 5.74) is 2.99. The van der Waals surface area contributed by atoms with Crippen molar-refractivity contribution in [3.8, 4) is 28.5 Å². The zero-order valence-electron chi connectivity index (χ0n) is 15.1. The second-order valence-electron chi connectivity index (χ2n) is 6.50. The van der Waals surface area contributed by atoms with Gasteiger partial charge in [0.2, 0.25) is 5.88 Å². The summed E-state index contributed by atoms with van der Waals surface area (Å²) in [6.45, 7) is 0. The highest BCUT2D eigenvalue weighted by molar-refractivity contribution is 5.88. The Morgan fingerprint density at radius 3 is 2.35 bits per heavy atom. The molecule has 1 aliphatic rings. The van der Waals surface area contributed by atoms with Crippen molar-refractivity contribution < 1.29 is 14.2 Å². The minimum absolute atomic E-state index is 0.262. The first-order valence-corrected chi connectivity index (χ1v) is 8.92. The number of hydrogen-bond donors (Lipinski definition) is 0. The Balaban J connectivity index is 1.74. The Bertz CT molecular complexity index is 920. The molecule has 1 aromatic heterocycles. The molecule has 1 fully saturated rings. The van der Waals surface area contributed by atoms with Gasteiger partial charge in [0.05, 0.1) is 25.1 Å². The average Bonchev–Trinajstić information content (AvgIpc) is 3.20. The largest absolute Gasteiger partial charge is 0.493 e. The van der Waals surface area contributed by atoms with Crippen molar-refractivity contribution in [2.75, 3.05) is 14.2 Å². The van der Waals surface area contributed by atoms with Crippen LogP contribution >= 0.6 is 0 Å². The van der Waals surface area contributed by atoms with Gasteiger partial charge in [0.15, 0.2) is 11.5 Å². The lowest BCUT2D eigenvalue weighted by Crippen LogP contribution is -2.12. The Hall–Kier alpha value is -2.82. The summed E-state index contributed by atoms with van der Waals surface area (Å²) in [5.74, 6) is 2.09. The van der Waals surface area contributed by atoms with Crippen molar-refractivity contribution in [3.05, 3.63) is 42.7 Å². The van der Waals surface area contributed by atoms with Crippen molar-refractivity contribution in [1.29, 1.82) is 0 Å². The van der Waals surface area contributed by atoms with Crippen LogP contribution in [0.4, 0.5) is 0 Å². The highest BCUT2D eigenvalue weighted by atomic mass is 16.5. The normalized spacial score (nSPS) is 14.5. The molecule has 1 heterocycles. The van der Waals surface area contributed by atoms with Gasteiger partial charge in [-0.15, -0.1) is 0 Å². The molecule has 1 aliphatic carbocycles. The number of nitrogens with zero attached hydrogens (tertiary/aromatic N) is 2. The van der Waals surface area contributed by atoms with Crippen molar-refractivity contribution in [2.24, 2.45) is 0 Å². The fourth-order valence-electron chi connectivity index (χ4n) is 3.49. The van der Waals surface area contributed by atoms with Crippen LogP contribution in [0.25, 0.3) is 22.0 Å². The fraction of sp³-hybridized carbons (Fsp3) is 0.333. The quantitative estimate of drug-likeness (QED) is 0.671. The molecule has 0 unspecified atom stereocenters. The molecule has 0 bridgehead atoms. The van der Waals surface area contributed by atoms with Gasteiger partial charge in [-0.1, -0.05) is 12.1 Å². The van der Waals surface area contributed by atoms with Crippen molar-refractivity contribution >= 4 is 10.9 Å². The van der Waals surface area contributed by atoms with E-state index < -0.39 is 0 Å². The summed E-state index contributed by atoms with van der Waals surface area (Å²) in [6, 6.07) is 12.0. The van der Waals surface area contributed by atoms with Crippen molar-refractivity contribution in [2.45, 2.75) is 31.8 Å². The number of fused-ring (bicyclic) bond motifs is 1. The van der Waals surface area contributed by atoms with Gasteiger partial charge in [0.25, 0.3) is 0 Å². The minimum Gasteiger partial charge on any atom is -0.493 e. The Morgan fingerprint density at radius 1 is 0.846 bits per heavy atom. The maximum Gasteiger partial charge on any atom is 0.224 e. The molecule has 0 amide bonds. The third-order valence-corrected chi connectivity index (χ3v) is 4.90. The third-order valence-electron chi connectivity index (χ3n) is 4.90. The smallest absolute Gasteiger partial charge is 0.224 e. The summed E-state index contributed by atoms with van der Waals surface area (Å²) in [6.07, 6.45) is 6.48. The molecule has 134 valence electrons. The van der Waals surface area contributed by atoms with Gasteiger partial charge in [-0.3, -0.25) is 0 Å². The van der Waals surface area contributed by atoms with Gasteiger partial charge in [-0.25, -0.2) is 9.97 Å². The molecule has 5 heteroatoms. The average molecular weight is 350 g/mol. The minimum atomic E-state index is 0.262. The molecular weight excluding hydrogens is 328 g/mol. The lowest BCUT2D eigenvalue weighted by molar-refractivity contribution is 0.204. The Morgan fingerprint density at radius 2 is 1.58 bits per heavy atom. The predicted octanol–water partition coefficient (Wildman–Crippen LogP) is 4.64. The predicted molar refractivity (Wildman–Crippen MR) is 101 cm³/mol. The molecule has 0 spiro atoms. The third kappa shape index (κ3) is 3.17. The topological polar surface area (TPSA) is 53.5 Å². The van der Waals surface area contributed by atoms with Crippen molar-refractivity contribution in [3.63, 3.8) is 0 Å². The van der Waals surface area contributed by atoms with E-state index in [1.807, 2.05) is 24.3 Å². The van der Waals surface area contributed by atoms with Gasteiger partial charge < -0.3 is 14.2 Å². The van der Waals surface area contributed by atoms with Crippen molar-refractivity contribution in [1.82, 2.24) is 9.97 Å². The highest BCUT2D eigenvalue weighted by Crippen LogP contribution is 2.35. The van der Waals surface area contributed by atoms with Gasteiger partial charge in [-0.05, 0) is 61.1 Å². The van der Waals surface area contributed by atoms with E-state index in [1.54, 1.807) is 20.5 Å². The standard InChI is InChI=1S/C21H22N2O3/c1-24-19-10-8-15(12-20(19)25-2)14-7-9-18-17(11-14)21(23-13-22-18)26-16-5-3-4-6-16/h7-13,16H,3-6H2,1-2H3. The summed E-state index contributed by atoms with van der Waals surface area (Å²) >= 11 is 0. The molecular formula is C21H22N2O3. The van der Waals surface area contributed by atoms with E-state index in [0.717, 1.165) is 34.9 Å². The molecule has 2 aromatic carbocycles. The van der Waals surface area contributed by atoms with Gasteiger partial charge in [0, 0.05) is 0 Å². The lowest BCUT2D eigenvalue weighted by atomic mass is 10.0. The van der Waals surface area contributed by atoms with Crippen LogP contribution in [0, 0.1) is 0 Å². The van der Waals surface area contributed by atoms with E-state index in [-0.39, 0.29) is 6.10 Å². The van der Waals surface area contributed by atoms with Crippen LogP contribution in [0.2, 0.25) is 0 Å². The molecule has 3 aromatic rings. The molecule has 4 rings (SSSR count). The second-order valence-corrected chi connectivity index (χ2v) is 6.50. The first-order chi connectivity index (χ1) is 12.8. The number of aromatic nitrogens is 2. The molecule has 0 N–H and O–H groups in total. The first-order valence-electron chi connectivity index (χ1n) is 8.92. The van der Waals surface area contributed by atoms with E-state index in [9.17, 15) is 0 Å². The number of hydrogen-bond acceptors (Lipinski definition) is 5. The molecule has 0 aliphatic heterocycles. The number of rotatable bonds is 5. The maximum absolute atomic E-state index is 6.17. The van der Waals surface area contributed by atoms with Gasteiger partial charge >= 0.3 is 0 Å². The van der Waals surface area contributed by atoms with Gasteiger partial charge in [-0.2, -0.15) is 0 Å². The number of methoxy groups -OCH3 is 2. The fourth-order valence-corrected chi connectivity index (χ4v) is 3.49. The van der Waals surface area contributed by atoms with Gasteiger partial charge in [0.1, 0.15) is 12.4 Å². The van der Waals surface area contributed by atoms with Crippen LogP contribution in [0.15, 0.2) is 42.7 Å². The number of ether oxygens (including phenoxy) is 3. The van der Waals surface area contributed by atoms with E-state index in [1.165, 1.54) is 12.8 Å². The second kappa shape index (κ2) is 7.20. The van der Waals surface area contributed by atoms with E-state index >= 15 is 0 Å². The summed E-state index contributed by atoms with van der Waals surface area (Å²) in [5, 5.41) is 0.937. The maximum atomic E-state index is 6.17. The highest BCUT2D eigenvalue weighted by Gasteiger charge is 2.18. The molecule has 0 saturated heterocycles. The monoisotopic (exact) mass is 350 g/mol. The number of benzene rings is 2. The van der Waals surface area contributed by atoms with Crippen LogP contribution in [0.5, 0.6) is 17.4 Å². The molecule has 0 atom stereocenters. The van der Waals surface area contributed by atoms with E-state index in [0.29, 0.717) is 17.4 Å². The Labute approximate surface area is 152 Å². The van der Waals surface area contributed by atoms with Crippen LogP contribution < -0.4 is 14.2 Å². The molecule has 26 heavy (non-hydrogen) atoms. The van der Waals surface area contributed by atoms with Crippen LogP contribution in [0.1, 0.15) is 25.7 Å². The zero-order chi connectivity index (χ0) is 17.9. The zero-order valence-corrected chi connectivity index (χ0v) is 15.1. The summed E-state index contributed by atoms with van der Waals surface area (Å²) in [7, 11) is 3.28.